The average molecular weight is 262 g/mol. The number of benzene rings is 1. The highest BCUT2D eigenvalue weighted by Crippen LogP contribution is 2.20. The van der Waals surface area contributed by atoms with Gasteiger partial charge in [-0.25, -0.2) is 8.42 Å². The van der Waals surface area contributed by atoms with Crippen LogP contribution < -0.4 is 5.32 Å². The molecule has 5 heteroatoms. The van der Waals surface area contributed by atoms with Crippen molar-refractivity contribution < 1.29 is 8.42 Å². The van der Waals surface area contributed by atoms with Gasteiger partial charge < -0.3 is 5.32 Å². The van der Waals surface area contributed by atoms with Crippen LogP contribution >= 0.6 is 11.6 Å². The lowest BCUT2D eigenvalue weighted by atomic mass is 10.1. The van der Waals surface area contributed by atoms with E-state index < -0.39 is 9.84 Å². The molecule has 1 atom stereocenters. The third kappa shape index (κ3) is 4.51. The van der Waals surface area contributed by atoms with Gasteiger partial charge in [-0.2, -0.15) is 0 Å². The van der Waals surface area contributed by atoms with Gasteiger partial charge in [-0.15, -0.1) is 0 Å². The minimum atomic E-state index is -2.92. The van der Waals surface area contributed by atoms with Gasteiger partial charge in [0.1, 0.15) is 9.84 Å². The Labute approximate surface area is 102 Å². The first-order valence-corrected chi connectivity index (χ1v) is 7.46. The van der Waals surface area contributed by atoms with E-state index in [1.54, 1.807) is 6.07 Å². The maximum Gasteiger partial charge on any atom is 0.147 e. The Kier molecular flexibility index (Phi) is 4.77. The van der Waals surface area contributed by atoms with Crippen LogP contribution in [0.4, 0.5) is 0 Å². The molecule has 0 saturated heterocycles. The minimum Gasteiger partial charge on any atom is -0.313 e. The van der Waals surface area contributed by atoms with Gasteiger partial charge in [-0.1, -0.05) is 23.7 Å². The number of nitrogens with one attached hydrogen (secondary N) is 1. The van der Waals surface area contributed by atoms with Crippen LogP contribution in [0, 0.1) is 0 Å². The summed E-state index contributed by atoms with van der Waals surface area (Å²) in [7, 11) is -1.11. The van der Waals surface area contributed by atoms with Gasteiger partial charge in [-0.05, 0) is 31.2 Å². The van der Waals surface area contributed by atoms with E-state index in [2.05, 4.69) is 5.32 Å². The highest BCUT2D eigenvalue weighted by molar-refractivity contribution is 7.90. The molecule has 0 spiro atoms. The summed E-state index contributed by atoms with van der Waals surface area (Å²) in [6, 6.07) is 7.48. The summed E-state index contributed by atoms with van der Waals surface area (Å²) in [5.74, 6) is 0.172. The molecule has 0 aliphatic carbocycles. The summed E-state index contributed by atoms with van der Waals surface area (Å²) in [5, 5.41) is 3.76. The molecular weight excluding hydrogens is 246 g/mol. The van der Waals surface area contributed by atoms with Crippen molar-refractivity contribution in [3.63, 3.8) is 0 Å². The van der Waals surface area contributed by atoms with E-state index >= 15 is 0 Å². The molecule has 0 aliphatic heterocycles. The molecular formula is C11H16ClNO2S. The fourth-order valence-electron chi connectivity index (χ4n) is 1.53. The summed E-state index contributed by atoms with van der Waals surface area (Å²) in [6.07, 6.45) is 1.80. The molecule has 0 radical (unpaired) electrons. The minimum absolute atomic E-state index is 0.0217. The topological polar surface area (TPSA) is 46.2 Å². The normalized spacial score (nSPS) is 13.7. The van der Waals surface area contributed by atoms with Crippen LogP contribution in [0.15, 0.2) is 24.3 Å². The third-order valence-electron chi connectivity index (χ3n) is 2.38. The highest BCUT2D eigenvalue weighted by atomic mass is 35.5. The first kappa shape index (κ1) is 13.5. The maximum absolute atomic E-state index is 11.1. The molecule has 16 heavy (non-hydrogen) atoms. The fourth-order valence-corrected chi connectivity index (χ4v) is 2.40. The van der Waals surface area contributed by atoms with Crippen LogP contribution in [-0.2, 0) is 9.84 Å². The van der Waals surface area contributed by atoms with Crippen LogP contribution in [-0.4, -0.2) is 27.5 Å². The number of hydrogen-bond acceptors (Lipinski definition) is 3. The SMILES string of the molecule is CNC(CCS(C)(=O)=O)c1cccc(Cl)c1. The van der Waals surface area contributed by atoms with Crippen molar-refractivity contribution >= 4 is 21.4 Å². The fraction of sp³-hybridized carbons (Fsp3) is 0.455. The Hall–Kier alpha value is -0.580. The molecule has 0 aromatic heterocycles. The van der Waals surface area contributed by atoms with Crippen molar-refractivity contribution in [3.8, 4) is 0 Å². The summed E-state index contributed by atoms with van der Waals surface area (Å²) in [6.45, 7) is 0. The largest absolute Gasteiger partial charge is 0.313 e. The van der Waals surface area contributed by atoms with Crippen molar-refractivity contribution in [1.82, 2.24) is 5.32 Å². The molecule has 0 heterocycles. The molecule has 0 aliphatic rings. The van der Waals surface area contributed by atoms with Crippen molar-refractivity contribution in [3.05, 3.63) is 34.9 Å². The van der Waals surface area contributed by atoms with Crippen molar-refractivity contribution in [2.75, 3.05) is 19.1 Å². The van der Waals surface area contributed by atoms with Crippen molar-refractivity contribution in [2.45, 2.75) is 12.5 Å². The summed E-state index contributed by atoms with van der Waals surface area (Å²) >= 11 is 5.89. The average Bonchev–Trinajstić information content (AvgIpc) is 2.17. The predicted octanol–water partition coefficient (Wildman–Crippen LogP) is 2.04. The summed E-state index contributed by atoms with van der Waals surface area (Å²) in [5.41, 5.74) is 1.01. The molecule has 0 bridgehead atoms. The Morgan fingerprint density at radius 2 is 2.12 bits per heavy atom. The standard InChI is InChI=1S/C11H16ClNO2S/c1-13-11(6-7-16(2,14)15)9-4-3-5-10(12)8-9/h3-5,8,11,13H,6-7H2,1-2H3. The Balaban J connectivity index is 2.75. The third-order valence-corrected chi connectivity index (χ3v) is 3.59. The summed E-state index contributed by atoms with van der Waals surface area (Å²) < 4.78 is 22.2. The molecule has 1 aromatic rings. The quantitative estimate of drug-likeness (QED) is 0.882. The number of sulfone groups is 1. The molecule has 1 rings (SSSR count). The second kappa shape index (κ2) is 5.66. The van der Waals surface area contributed by atoms with Gasteiger partial charge in [0.2, 0.25) is 0 Å². The lowest BCUT2D eigenvalue weighted by Crippen LogP contribution is -2.19. The smallest absolute Gasteiger partial charge is 0.147 e. The second-order valence-electron chi connectivity index (χ2n) is 3.81. The molecule has 3 nitrogen and oxygen atoms in total. The van der Waals surface area contributed by atoms with Gasteiger partial charge in [0.15, 0.2) is 0 Å². The molecule has 90 valence electrons. The zero-order chi connectivity index (χ0) is 12.2. The maximum atomic E-state index is 11.1. The molecule has 0 amide bonds. The van der Waals surface area contributed by atoms with Crippen molar-refractivity contribution in [1.29, 1.82) is 0 Å². The number of hydrogen-bond donors (Lipinski definition) is 1. The number of halogens is 1. The van der Waals surface area contributed by atoms with Gasteiger partial charge in [-0.3, -0.25) is 0 Å². The van der Waals surface area contributed by atoms with E-state index in [4.69, 9.17) is 11.6 Å². The molecule has 1 aromatic carbocycles. The number of rotatable bonds is 5. The van der Waals surface area contributed by atoms with Crippen LogP contribution in [0.5, 0.6) is 0 Å². The van der Waals surface area contributed by atoms with E-state index in [1.165, 1.54) is 6.26 Å². The van der Waals surface area contributed by atoms with Gasteiger partial charge in [0.05, 0.1) is 5.75 Å². The van der Waals surface area contributed by atoms with Gasteiger partial charge in [0.25, 0.3) is 0 Å². The van der Waals surface area contributed by atoms with Crippen LogP contribution in [0.1, 0.15) is 18.0 Å². The van der Waals surface area contributed by atoms with E-state index in [0.29, 0.717) is 11.4 Å². The van der Waals surface area contributed by atoms with E-state index in [9.17, 15) is 8.42 Å². The molecule has 0 saturated carbocycles. The van der Waals surface area contributed by atoms with Crippen LogP contribution in [0.2, 0.25) is 5.02 Å². The van der Waals surface area contributed by atoms with Crippen molar-refractivity contribution in [2.24, 2.45) is 0 Å². The second-order valence-corrected chi connectivity index (χ2v) is 6.51. The zero-order valence-corrected chi connectivity index (χ0v) is 11.0. The monoisotopic (exact) mass is 261 g/mol. The highest BCUT2D eigenvalue weighted by Gasteiger charge is 2.12. The van der Waals surface area contributed by atoms with Crippen LogP contribution in [0.25, 0.3) is 0 Å². The predicted molar refractivity (Wildman–Crippen MR) is 67.6 cm³/mol. The van der Waals surface area contributed by atoms with E-state index in [1.807, 2.05) is 25.2 Å². The van der Waals surface area contributed by atoms with E-state index in [-0.39, 0.29) is 11.8 Å². The lowest BCUT2D eigenvalue weighted by Gasteiger charge is -2.16. The first-order chi connectivity index (χ1) is 7.42. The Morgan fingerprint density at radius 1 is 1.44 bits per heavy atom. The van der Waals surface area contributed by atoms with Gasteiger partial charge >= 0.3 is 0 Å². The van der Waals surface area contributed by atoms with Gasteiger partial charge in [0, 0.05) is 17.3 Å². The Morgan fingerprint density at radius 3 is 2.62 bits per heavy atom. The molecule has 0 fully saturated rings. The lowest BCUT2D eigenvalue weighted by molar-refractivity contribution is 0.559. The molecule has 1 unspecified atom stereocenters. The van der Waals surface area contributed by atoms with E-state index in [0.717, 1.165) is 5.56 Å². The summed E-state index contributed by atoms with van der Waals surface area (Å²) in [4.78, 5) is 0. The molecule has 1 N–H and O–H groups in total. The Bertz CT molecular complexity index is 445. The zero-order valence-electron chi connectivity index (χ0n) is 9.40. The first-order valence-electron chi connectivity index (χ1n) is 5.03. The van der Waals surface area contributed by atoms with Crippen LogP contribution in [0.3, 0.4) is 0 Å².